The van der Waals surface area contributed by atoms with E-state index in [1.165, 1.54) is 0 Å². The Morgan fingerprint density at radius 1 is 1.07 bits per heavy atom. The summed E-state index contributed by atoms with van der Waals surface area (Å²) in [5, 5.41) is 12.6. The second-order valence-corrected chi connectivity index (χ2v) is 7.75. The molecule has 28 heavy (non-hydrogen) atoms. The van der Waals surface area contributed by atoms with Crippen LogP contribution in [0.5, 0.6) is 5.75 Å². The Bertz CT molecular complexity index is 1090. The van der Waals surface area contributed by atoms with Crippen LogP contribution in [0.4, 0.5) is 5.95 Å². The molecular formula is C22H24N4O2. The number of aromatic amines is 1. The molecular weight excluding hydrogens is 352 g/mol. The van der Waals surface area contributed by atoms with E-state index in [0.717, 1.165) is 72.4 Å². The number of benzene rings is 2. The number of phenols is 1. The summed E-state index contributed by atoms with van der Waals surface area (Å²) in [4.78, 5) is 24.9. The lowest BCUT2D eigenvalue weighted by molar-refractivity contribution is 0.239. The maximum absolute atomic E-state index is 12.7. The number of rotatable bonds is 3. The third kappa shape index (κ3) is 3.03. The van der Waals surface area contributed by atoms with Crippen molar-refractivity contribution >= 4 is 16.7 Å². The predicted molar refractivity (Wildman–Crippen MR) is 110 cm³/mol. The molecule has 1 saturated heterocycles. The first-order valence-electron chi connectivity index (χ1n) is 9.98. The summed E-state index contributed by atoms with van der Waals surface area (Å²) >= 11 is 0. The summed E-state index contributed by atoms with van der Waals surface area (Å²) in [6, 6.07) is 11.8. The van der Waals surface area contributed by atoms with Gasteiger partial charge in [-0.3, -0.25) is 14.7 Å². The topological polar surface area (TPSA) is 72.5 Å². The number of aromatic hydroxyl groups is 1. The van der Waals surface area contributed by atoms with E-state index in [1.54, 1.807) is 6.07 Å². The van der Waals surface area contributed by atoms with Crippen LogP contribution in [0.25, 0.3) is 10.8 Å². The van der Waals surface area contributed by atoms with Gasteiger partial charge >= 0.3 is 0 Å². The van der Waals surface area contributed by atoms with Crippen LogP contribution in [-0.2, 0) is 19.5 Å². The van der Waals surface area contributed by atoms with E-state index in [4.69, 9.17) is 4.98 Å². The Balaban J connectivity index is 1.42. The van der Waals surface area contributed by atoms with Crippen LogP contribution in [0, 0.1) is 0 Å². The minimum Gasteiger partial charge on any atom is -0.508 e. The monoisotopic (exact) mass is 376 g/mol. The lowest BCUT2D eigenvalue weighted by Crippen LogP contribution is -2.36. The highest BCUT2D eigenvalue weighted by Gasteiger charge is 2.24. The second kappa shape index (κ2) is 6.95. The molecule has 2 aliphatic heterocycles. The molecule has 0 spiro atoms. The van der Waals surface area contributed by atoms with Crippen LogP contribution in [-0.4, -0.2) is 39.6 Å². The zero-order valence-corrected chi connectivity index (χ0v) is 15.8. The van der Waals surface area contributed by atoms with E-state index < -0.39 is 0 Å². The van der Waals surface area contributed by atoms with Gasteiger partial charge in [0.1, 0.15) is 5.75 Å². The van der Waals surface area contributed by atoms with E-state index in [-0.39, 0.29) is 5.56 Å². The summed E-state index contributed by atoms with van der Waals surface area (Å²) < 4.78 is 0. The molecule has 0 radical (unpaired) electrons. The summed E-state index contributed by atoms with van der Waals surface area (Å²) in [7, 11) is 0. The number of aromatic nitrogens is 2. The molecule has 0 atom stereocenters. The Kier molecular flexibility index (Phi) is 4.28. The SMILES string of the molecule is O=c1[nH]c(N2CCCC2)nc2c1CN(Cc1c(O)ccc3ccccc13)CC2. The quantitative estimate of drug-likeness (QED) is 0.735. The van der Waals surface area contributed by atoms with Crippen molar-refractivity contribution in [1.29, 1.82) is 0 Å². The predicted octanol–water partition coefficient (Wildman–Crippen LogP) is 2.79. The van der Waals surface area contributed by atoms with E-state index in [0.29, 0.717) is 18.8 Å². The minimum atomic E-state index is -0.0289. The van der Waals surface area contributed by atoms with Crippen LogP contribution < -0.4 is 10.5 Å². The van der Waals surface area contributed by atoms with Crippen molar-refractivity contribution in [2.75, 3.05) is 24.5 Å². The number of hydrogen-bond acceptors (Lipinski definition) is 5. The van der Waals surface area contributed by atoms with Gasteiger partial charge in [0.25, 0.3) is 5.56 Å². The van der Waals surface area contributed by atoms with Crippen LogP contribution >= 0.6 is 0 Å². The van der Waals surface area contributed by atoms with Crippen molar-refractivity contribution in [3.63, 3.8) is 0 Å². The van der Waals surface area contributed by atoms with Crippen LogP contribution in [0.15, 0.2) is 41.2 Å². The van der Waals surface area contributed by atoms with Crippen molar-refractivity contribution in [2.24, 2.45) is 0 Å². The molecule has 144 valence electrons. The summed E-state index contributed by atoms with van der Waals surface area (Å²) in [6.45, 7) is 3.93. The largest absolute Gasteiger partial charge is 0.508 e. The summed E-state index contributed by atoms with van der Waals surface area (Å²) in [6.07, 6.45) is 3.07. The molecule has 3 aromatic rings. The highest BCUT2D eigenvalue weighted by atomic mass is 16.3. The number of H-pyrrole nitrogens is 1. The fraction of sp³-hybridized carbons (Fsp3) is 0.364. The van der Waals surface area contributed by atoms with Gasteiger partial charge in [-0.1, -0.05) is 30.3 Å². The second-order valence-electron chi connectivity index (χ2n) is 7.75. The van der Waals surface area contributed by atoms with Gasteiger partial charge in [-0.2, -0.15) is 0 Å². The molecule has 0 amide bonds. The van der Waals surface area contributed by atoms with Gasteiger partial charge in [0.15, 0.2) is 0 Å². The van der Waals surface area contributed by atoms with Crippen LogP contribution in [0.2, 0.25) is 0 Å². The molecule has 0 unspecified atom stereocenters. The summed E-state index contributed by atoms with van der Waals surface area (Å²) in [5.74, 6) is 1.03. The van der Waals surface area contributed by atoms with Gasteiger partial charge in [-0.15, -0.1) is 0 Å². The highest BCUT2D eigenvalue weighted by Crippen LogP contribution is 2.29. The number of fused-ring (bicyclic) bond motifs is 2. The summed E-state index contributed by atoms with van der Waals surface area (Å²) in [5.41, 5.74) is 2.57. The first-order chi connectivity index (χ1) is 13.7. The Morgan fingerprint density at radius 2 is 1.89 bits per heavy atom. The molecule has 6 heteroatoms. The lowest BCUT2D eigenvalue weighted by Gasteiger charge is -2.29. The van der Waals surface area contributed by atoms with E-state index in [1.807, 2.05) is 24.3 Å². The zero-order chi connectivity index (χ0) is 19.1. The maximum atomic E-state index is 12.7. The van der Waals surface area contributed by atoms with Gasteiger partial charge in [-0.25, -0.2) is 4.98 Å². The average Bonchev–Trinajstić information content (AvgIpc) is 3.25. The molecule has 0 saturated carbocycles. The van der Waals surface area contributed by atoms with E-state index >= 15 is 0 Å². The maximum Gasteiger partial charge on any atom is 0.257 e. The van der Waals surface area contributed by atoms with Gasteiger partial charge in [0.05, 0.1) is 11.3 Å². The van der Waals surface area contributed by atoms with Gasteiger partial charge < -0.3 is 10.0 Å². The molecule has 2 aromatic carbocycles. The smallest absolute Gasteiger partial charge is 0.257 e. The highest BCUT2D eigenvalue weighted by molar-refractivity contribution is 5.87. The van der Waals surface area contributed by atoms with Crippen molar-refractivity contribution < 1.29 is 5.11 Å². The first-order valence-corrected chi connectivity index (χ1v) is 9.98. The van der Waals surface area contributed by atoms with Crippen LogP contribution in [0.3, 0.4) is 0 Å². The van der Waals surface area contributed by atoms with Crippen molar-refractivity contribution in [1.82, 2.24) is 14.9 Å². The standard InChI is InChI=1S/C22H24N4O2/c27-20-8-7-15-5-1-2-6-16(15)17(20)13-25-12-9-19-18(14-25)21(28)24-22(23-19)26-10-3-4-11-26/h1-2,5-8,27H,3-4,9-14H2,(H,23,24,28). The Labute approximate surface area is 163 Å². The first kappa shape index (κ1) is 17.3. The number of anilines is 1. The van der Waals surface area contributed by atoms with Crippen molar-refractivity contribution in [3.8, 4) is 5.75 Å². The molecule has 1 aromatic heterocycles. The van der Waals surface area contributed by atoms with E-state index in [9.17, 15) is 9.90 Å². The molecule has 2 aliphatic rings. The number of nitrogens with one attached hydrogen (secondary N) is 1. The van der Waals surface area contributed by atoms with E-state index in [2.05, 4.69) is 20.9 Å². The van der Waals surface area contributed by atoms with Gasteiger partial charge in [0.2, 0.25) is 5.95 Å². The molecule has 2 N–H and O–H groups in total. The third-order valence-electron chi connectivity index (χ3n) is 5.94. The van der Waals surface area contributed by atoms with Crippen molar-refractivity contribution in [2.45, 2.75) is 32.4 Å². The molecule has 0 aliphatic carbocycles. The number of phenolic OH excluding ortho intramolecular Hbond substituents is 1. The fourth-order valence-corrected chi connectivity index (χ4v) is 4.40. The van der Waals surface area contributed by atoms with Gasteiger partial charge in [0, 0.05) is 44.7 Å². The third-order valence-corrected chi connectivity index (χ3v) is 5.94. The fourth-order valence-electron chi connectivity index (χ4n) is 4.40. The van der Waals surface area contributed by atoms with Crippen molar-refractivity contribution in [3.05, 3.63) is 63.6 Å². The number of hydrogen-bond donors (Lipinski definition) is 2. The molecule has 1 fully saturated rings. The lowest BCUT2D eigenvalue weighted by atomic mass is 10.0. The molecule has 3 heterocycles. The zero-order valence-electron chi connectivity index (χ0n) is 15.8. The minimum absolute atomic E-state index is 0.0289. The molecule has 0 bridgehead atoms. The Hall–Kier alpha value is -2.86. The Morgan fingerprint density at radius 3 is 2.75 bits per heavy atom. The normalized spacial score (nSPS) is 17.2. The van der Waals surface area contributed by atoms with Gasteiger partial charge in [-0.05, 0) is 29.7 Å². The number of nitrogens with zero attached hydrogens (tertiary/aromatic N) is 3. The molecule has 6 nitrogen and oxygen atoms in total. The average molecular weight is 376 g/mol. The van der Waals surface area contributed by atoms with Crippen LogP contribution in [0.1, 0.15) is 29.7 Å². The molecule has 5 rings (SSSR count).